The molecule has 2 atom stereocenters. The summed E-state index contributed by atoms with van der Waals surface area (Å²) in [6.45, 7) is 4.18. The summed E-state index contributed by atoms with van der Waals surface area (Å²) < 4.78 is 0. The number of hydrogen-bond acceptors (Lipinski definition) is 3. The van der Waals surface area contributed by atoms with Gasteiger partial charge in [-0.05, 0) is 49.9 Å². The zero-order chi connectivity index (χ0) is 17.5. The molecule has 1 aromatic rings. The van der Waals surface area contributed by atoms with Crippen molar-refractivity contribution < 1.29 is 14.4 Å². The van der Waals surface area contributed by atoms with Crippen molar-refractivity contribution in [2.45, 2.75) is 38.6 Å². The van der Waals surface area contributed by atoms with Crippen molar-refractivity contribution in [2.24, 2.45) is 5.92 Å². The Labute approximate surface area is 145 Å². The average Bonchev–Trinajstić information content (AvgIpc) is 3.04. The first-order valence-corrected chi connectivity index (χ1v) is 8.40. The molecule has 1 spiro atoms. The molecule has 1 saturated carbocycles. The monoisotopic (exact) mass is 349 g/mol. The molecular formula is C17H20ClN3O3. The van der Waals surface area contributed by atoms with Gasteiger partial charge < -0.3 is 10.6 Å². The predicted octanol–water partition coefficient (Wildman–Crippen LogP) is 2.06. The van der Waals surface area contributed by atoms with Gasteiger partial charge in [0, 0.05) is 12.5 Å². The minimum absolute atomic E-state index is 0.127. The van der Waals surface area contributed by atoms with Crippen LogP contribution in [0.15, 0.2) is 12.1 Å². The second-order valence-corrected chi connectivity index (χ2v) is 7.00. The van der Waals surface area contributed by atoms with Gasteiger partial charge in [0.25, 0.3) is 11.8 Å². The molecule has 7 heteroatoms. The molecule has 128 valence electrons. The van der Waals surface area contributed by atoms with E-state index >= 15 is 0 Å². The first-order chi connectivity index (χ1) is 11.3. The molecule has 1 heterocycles. The van der Waals surface area contributed by atoms with Gasteiger partial charge in [-0.3, -0.25) is 14.9 Å². The molecule has 0 radical (unpaired) electrons. The highest BCUT2D eigenvalue weighted by atomic mass is 35.5. The Bertz CT molecular complexity index is 734. The average molecular weight is 350 g/mol. The van der Waals surface area contributed by atoms with Gasteiger partial charge in [-0.15, -0.1) is 0 Å². The van der Waals surface area contributed by atoms with Crippen LogP contribution in [0.4, 0.5) is 4.79 Å². The first kappa shape index (κ1) is 16.8. The van der Waals surface area contributed by atoms with E-state index in [0.717, 1.165) is 24.0 Å². The molecule has 1 saturated heterocycles. The fourth-order valence-electron chi connectivity index (χ4n) is 3.59. The minimum Gasteiger partial charge on any atom is -0.352 e. The molecule has 2 unspecified atom stereocenters. The quantitative estimate of drug-likeness (QED) is 0.730. The van der Waals surface area contributed by atoms with Gasteiger partial charge in [-0.25, -0.2) is 4.79 Å². The van der Waals surface area contributed by atoms with Crippen molar-refractivity contribution in [1.82, 2.24) is 16.0 Å². The number of aryl methyl sites for hydroxylation is 2. The summed E-state index contributed by atoms with van der Waals surface area (Å²) in [4.78, 5) is 36.1. The fraction of sp³-hybridized carbons (Fsp3) is 0.471. The Morgan fingerprint density at radius 2 is 2.04 bits per heavy atom. The zero-order valence-corrected chi connectivity index (χ0v) is 14.4. The van der Waals surface area contributed by atoms with E-state index < -0.39 is 11.6 Å². The molecule has 24 heavy (non-hydrogen) atoms. The lowest BCUT2D eigenvalue weighted by atomic mass is 9.87. The van der Waals surface area contributed by atoms with E-state index in [2.05, 4.69) is 16.0 Å². The molecule has 3 N–H and O–H groups in total. The summed E-state index contributed by atoms with van der Waals surface area (Å²) in [5, 5.41) is 8.31. The zero-order valence-electron chi connectivity index (χ0n) is 13.7. The van der Waals surface area contributed by atoms with Gasteiger partial charge in [0.05, 0.1) is 10.6 Å². The summed E-state index contributed by atoms with van der Waals surface area (Å²) in [6.07, 6.45) is 2.20. The number of carbonyl (C=O) groups excluding carboxylic acids is 3. The first-order valence-electron chi connectivity index (χ1n) is 8.02. The molecule has 1 aliphatic carbocycles. The van der Waals surface area contributed by atoms with E-state index in [1.165, 1.54) is 0 Å². The third-order valence-corrected chi connectivity index (χ3v) is 5.44. The van der Waals surface area contributed by atoms with Gasteiger partial charge in [0.15, 0.2) is 0 Å². The second kappa shape index (κ2) is 6.09. The number of benzene rings is 1. The van der Waals surface area contributed by atoms with Gasteiger partial charge >= 0.3 is 6.03 Å². The lowest BCUT2D eigenvalue weighted by molar-refractivity contribution is -0.125. The highest BCUT2D eigenvalue weighted by Gasteiger charge is 2.54. The van der Waals surface area contributed by atoms with Crippen LogP contribution in [0.1, 0.15) is 40.7 Å². The summed E-state index contributed by atoms with van der Waals surface area (Å²) in [5.74, 6) is -0.693. The Morgan fingerprint density at radius 3 is 2.71 bits per heavy atom. The predicted molar refractivity (Wildman–Crippen MR) is 90.0 cm³/mol. The van der Waals surface area contributed by atoms with Gasteiger partial charge in [-0.1, -0.05) is 18.0 Å². The van der Waals surface area contributed by atoms with E-state index in [0.29, 0.717) is 23.6 Å². The molecule has 0 aromatic heterocycles. The van der Waals surface area contributed by atoms with E-state index in [-0.39, 0.29) is 17.7 Å². The maximum Gasteiger partial charge on any atom is 0.322 e. The Hall–Kier alpha value is -2.08. The van der Waals surface area contributed by atoms with Crippen molar-refractivity contribution in [3.8, 4) is 0 Å². The van der Waals surface area contributed by atoms with E-state index in [4.69, 9.17) is 11.6 Å². The van der Waals surface area contributed by atoms with Crippen LogP contribution in [-0.2, 0) is 4.79 Å². The van der Waals surface area contributed by atoms with Gasteiger partial charge in [0.1, 0.15) is 5.54 Å². The van der Waals surface area contributed by atoms with Crippen LogP contribution in [-0.4, -0.2) is 29.9 Å². The number of rotatable bonds is 3. The molecule has 4 amide bonds. The highest BCUT2D eigenvalue weighted by Crippen LogP contribution is 2.37. The van der Waals surface area contributed by atoms with Crippen molar-refractivity contribution in [3.63, 3.8) is 0 Å². The topological polar surface area (TPSA) is 87.3 Å². The number of carbonyl (C=O) groups is 3. The molecule has 0 bridgehead atoms. The highest BCUT2D eigenvalue weighted by molar-refractivity contribution is 6.34. The number of nitrogens with one attached hydrogen (secondary N) is 3. The van der Waals surface area contributed by atoms with E-state index in [1.807, 2.05) is 13.8 Å². The number of hydrogen-bond donors (Lipinski definition) is 3. The van der Waals surface area contributed by atoms with Crippen LogP contribution < -0.4 is 16.0 Å². The van der Waals surface area contributed by atoms with E-state index in [1.54, 1.807) is 12.1 Å². The molecule has 2 aliphatic rings. The fourth-order valence-corrected chi connectivity index (χ4v) is 3.89. The van der Waals surface area contributed by atoms with Gasteiger partial charge in [0.2, 0.25) is 0 Å². The maximum atomic E-state index is 12.5. The summed E-state index contributed by atoms with van der Waals surface area (Å²) >= 11 is 6.17. The smallest absolute Gasteiger partial charge is 0.322 e. The standard InChI is InChI=1S/C17H20ClN3O3/c1-9-6-12(13(18)7-10(9)2)14(22)19-8-11-4-3-5-17(11)15(23)20-16(24)21-17/h6-7,11H,3-5,8H2,1-2H3,(H,19,22)(H2,20,21,23,24). The third-order valence-electron chi connectivity index (χ3n) is 5.13. The van der Waals surface area contributed by atoms with Gasteiger partial charge in [-0.2, -0.15) is 0 Å². The van der Waals surface area contributed by atoms with Crippen LogP contribution >= 0.6 is 11.6 Å². The summed E-state index contributed by atoms with van der Waals surface area (Å²) in [6, 6.07) is 3.07. The largest absolute Gasteiger partial charge is 0.352 e. The van der Waals surface area contributed by atoms with Crippen molar-refractivity contribution in [2.75, 3.05) is 6.54 Å². The normalized spacial score (nSPS) is 25.7. The molecule has 6 nitrogen and oxygen atoms in total. The lowest BCUT2D eigenvalue weighted by Gasteiger charge is -2.28. The Kier molecular flexibility index (Phi) is 4.25. The molecule has 3 rings (SSSR count). The number of amides is 4. The summed E-state index contributed by atoms with van der Waals surface area (Å²) in [7, 11) is 0. The third kappa shape index (κ3) is 2.75. The van der Waals surface area contributed by atoms with Crippen molar-refractivity contribution in [1.29, 1.82) is 0 Å². The lowest BCUT2D eigenvalue weighted by Crippen LogP contribution is -2.53. The second-order valence-electron chi connectivity index (χ2n) is 6.60. The van der Waals surface area contributed by atoms with E-state index in [9.17, 15) is 14.4 Å². The van der Waals surface area contributed by atoms with Crippen LogP contribution in [0.2, 0.25) is 5.02 Å². The summed E-state index contributed by atoms with van der Waals surface area (Å²) in [5.41, 5.74) is 1.55. The van der Waals surface area contributed by atoms with Crippen LogP contribution in [0.25, 0.3) is 0 Å². The molecule has 1 aromatic carbocycles. The van der Waals surface area contributed by atoms with Crippen LogP contribution in [0.5, 0.6) is 0 Å². The van der Waals surface area contributed by atoms with Crippen LogP contribution in [0.3, 0.4) is 0 Å². The molecule has 2 fully saturated rings. The minimum atomic E-state index is -0.892. The maximum absolute atomic E-state index is 12.5. The Balaban J connectivity index is 1.72. The van der Waals surface area contributed by atoms with Crippen molar-refractivity contribution in [3.05, 3.63) is 33.8 Å². The SMILES string of the molecule is Cc1cc(Cl)c(C(=O)NCC2CCCC23NC(=O)NC3=O)cc1C. The molecular weight excluding hydrogens is 330 g/mol. The van der Waals surface area contributed by atoms with Crippen LogP contribution in [0, 0.1) is 19.8 Å². The Morgan fingerprint density at radius 1 is 1.33 bits per heavy atom. The number of imide groups is 1. The number of urea groups is 1. The molecule has 1 aliphatic heterocycles. The number of halogens is 1. The van der Waals surface area contributed by atoms with Crippen molar-refractivity contribution >= 4 is 29.4 Å².